The minimum absolute atomic E-state index is 0.334. The van der Waals surface area contributed by atoms with Crippen LogP contribution in [0.3, 0.4) is 0 Å². The van der Waals surface area contributed by atoms with Crippen LogP contribution in [0.25, 0.3) is 0 Å². The molecule has 0 radical (unpaired) electrons. The maximum absolute atomic E-state index is 12.7. The Morgan fingerprint density at radius 2 is 1.95 bits per heavy atom. The molecule has 19 heavy (non-hydrogen) atoms. The van der Waals surface area contributed by atoms with Crippen LogP contribution in [0.1, 0.15) is 25.7 Å². The first kappa shape index (κ1) is 14.6. The topological polar surface area (TPSA) is 41.6 Å². The Labute approximate surface area is 110 Å². The van der Waals surface area contributed by atoms with Crippen molar-refractivity contribution in [2.45, 2.75) is 44.0 Å². The number of carbonyl (C=O) groups excluding carboxylic acids is 1. The van der Waals surface area contributed by atoms with Gasteiger partial charge in [0.05, 0.1) is 0 Å². The van der Waals surface area contributed by atoms with E-state index < -0.39 is 24.7 Å². The molecule has 1 atom stereocenters. The molecule has 1 amide bonds. The van der Waals surface area contributed by atoms with E-state index in [9.17, 15) is 18.0 Å². The van der Waals surface area contributed by atoms with Crippen LogP contribution in [0, 0.1) is 0 Å². The number of rotatable bonds is 3. The largest absolute Gasteiger partial charge is 0.406 e. The molecule has 2 fully saturated rings. The highest BCUT2D eigenvalue weighted by atomic mass is 19.4. The predicted octanol–water partition coefficient (Wildman–Crippen LogP) is 1.31. The number of amides is 1. The summed E-state index contributed by atoms with van der Waals surface area (Å²) >= 11 is 0. The number of alkyl halides is 3. The normalized spacial score (nSPS) is 25.5. The predicted molar refractivity (Wildman–Crippen MR) is 62.6 cm³/mol. The zero-order chi connectivity index (χ0) is 13.9. The monoisotopic (exact) mass is 280 g/mol. The first-order valence-electron chi connectivity index (χ1n) is 6.67. The van der Waals surface area contributed by atoms with Crippen molar-refractivity contribution in [3.8, 4) is 0 Å². The summed E-state index contributed by atoms with van der Waals surface area (Å²) in [6.45, 7) is 0.592. The van der Waals surface area contributed by atoms with Gasteiger partial charge in [0.2, 0.25) is 0 Å². The second-order valence-corrected chi connectivity index (χ2v) is 5.06. The molecule has 4 nitrogen and oxygen atoms in total. The molecule has 7 heteroatoms. The van der Waals surface area contributed by atoms with Gasteiger partial charge >= 0.3 is 6.18 Å². The SMILES string of the molecule is O=C(C1CCCO1)N(CC(F)(F)F)C1CCNCC1. The molecule has 110 valence electrons. The number of piperidine rings is 1. The minimum Gasteiger partial charge on any atom is -0.368 e. The first-order chi connectivity index (χ1) is 8.97. The summed E-state index contributed by atoms with van der Waals surface area (Å²) in [5.41, 5.74) is 0. The van der Waals surface area contributed by atoms with Crippen LogP contribution in [0.2, 0.25) is 0 Å². The first-order valence-corrected chi connectivity index (χ1v) is 6.67. The summed E-state index contributed by atoms with van der Waals surface area (Å²) in [4.78, 5) is 13.2. The summed E-state index contributed by atoms with van der Waals surface area (Å²) in [7, 11) is 0. The summed E-state index contributed by atoms with van der Waals surface area (Å²) < 4.78 is 43.2. The quantitative estimate of drug-likeness (QED) is 0.847. The fourth-order valence-electron chi connectivity index (χ4n) is 2.66. The Balaban J connectivity index is 2.05. The lowest BCUT2D eigenvalue weighted by molar-refractivity contribution is -0.172. The Morgan fingerprint density at radius 3 is 2.47 bits per heavy atom. The molecule has 2 aliphatic rings. The molecular formula is C12H19F3N2O2. The van der Waals surface area contributed by atoms with Gasteiger partial charge in [0.1, 0.15) is 12.6 Å². The average Bonchev–Trinajstić information content (AvgIpc) is 2.89. The van der Waals surface area contributed by atoms with Crippen LogP contribution in [-0.2, 0) is 9.53 Å². The third-order valence-electron chi connectivity index (χ3n) is 3.59. The highest BCUT2D eigenvalue weighted by Gasteiger charge is 2.40. The lowest BCUT2D eigenvalue weighted by atomic mass is 10.0. The third-order valence-corrected chi connectivity index (χ3v) is 3.59. The van der Waals surface area contributed by atoms with E-state index in [1.165, 1.54) is 0 Å². The van der Waals surface area contributed by atoms with Crippen molar-refractivity contribution >= 4 is 5.91 Å². The molecule has 0 aromatic carbocycles. The molecule has 0 aliphatic carbocycles. The maximum atomic E-state index is 12.7. The molecule has 0 saturated carbocycles. The number of nitrogens with one attached hydrogen (secondary N) is 1. The van der Waals surface area contributed by atoms with Gasteiger partial charge in [-0.05, 0) is 38.8 Å². The molecule has 1 N–H and O–H groups in total. The van der Waals surface area contributed by atoms with Crippen molar-refractivity contribution in [1.82, 2.24) is 10.2 Å². The molecule has 2 saturated heterocycles. The van der Waals surface area contributed by atoms with Crippen molar-refractivity contribution < 1.29 is 22.7 Å². The number of hydrogen-bond acceptors (Lipinski definition) is 3. The lowest BCUT2D eigenvalue weighted by Gasteiger charge is -2.36. The van der Waals surface area contributed by atoms with Crippen molar-refractivity contribution in [3.63, 3.8) is 0 Å². The fraction of sp³-hybridized carbons (Fsp3) is 0.917. The van der Waals surface area contributed by atoms with Crippen molar-refractivity contribution in [1.29, 1.82) is 0 Å². The molecule has 2 rings (SSSR count). The van der Waals surface area contributed by atoms with Gasteiger partial charge in [-0.25, -0.2) is 0 Å². The lowest BCUT2D eigenvalue weighted by Crippen LogP contribution is -2.52. The molecule has 2 aliphatic heterocycles. The number of nitrogens with zero attached hydrogens (tertiary/aromatic N) is 1. The Kier molecular flexibility index (Phi) is 4.67. The molecule has 0 spiro atoms. The van der Waals surface area contributed by atoms with Crippen LogP contribution in [-0.4, -0.2) is 55.4 Å². The van der Waals surface area contributed by atoms with E-state index in [-0.39, 0.29) is 6.04 Å². The summed E-state index contributed by atoms with van der Waals surface area (Å²) in [6, 6.07) is -0.334. The van der Waals surface area contributed by atoms with Gasteiger partial charge in [0, 0.05) is 12.6 Å². The van der Waals surface area contributed by atoms with Gasteiger partial charge in [-0.3, -0.25) is 4.79 Å². The van der Waals surface area contributed by atoms with Gasteiger partial charge in [-0.15, -0.1) is 0 Å². The van der Waals surface area contributed by atoms with Gasteiger partial charge < -0.3 is 15.0 Å². The van der Waals surface area contributed by atoms with E-state index >= 15 is 0 Å². The smallest absolute Gasteiger partial charge is 0.368 e. The molecule has 0 bridgehead atoms. The van der Waals surface area contributed by atoms with E-state index in [0.29, 0.717) is 39.0 Å². The van der Waals surface area contributed by atoms with Crippen molar-refractivity contribution in [3.05, 3.63) is 0 Å². The Hall–Kier alpha value is -0.820. The standard InChI is InChI=1S/C12H19F3N2O2/c13-12(14,15)8-17(9-3-5-16-6-4-9)11(18)10-2-1-7-19-10/h9-10,16H,1-8H2. The molecule has 0 aromatic heterocycles. The molecule has 1 unspecified atom stereocenters. The molecule has 2 heterocycles. The summed E-state index contributed by atoms with van der Waals surface area (Å²) in [5, 5.41) is 3.09. The zero-order valence-electron chi connectivity index (χ0n) is 10.7. The van der Waals surface area contributed by atoms with Crippen molar-refractivity contribution in [2.75, 3.05) is 26.2 Å². The Morgan fingerprint density at radius 1 is 1.26 bits per heavy atom. The zero-order valence-corrected chi connectivity index (χ0v) is 10.7. The van der Waals surface area contributed by atoms with Gasteiger partial charge in [0.15, 0.2) is 0 Å². The van der Waals surface area contributed by atoms with Crippen LogP contribution in [0.5, 0.6) is 0 Å². The second-order valence-electron chi connectivity index (χ2n) is 5.06. The minimum atomic E-state index is -4.36. The van der Waals surface area contributed by atoms with E-state index in [0.717, 1.165) is 11.3 Å². The summed E-state index contributed by atoms with van der Waals surface area (Å²) in [5.74, 6) is -0.498. The molecule has 0 aromatic rings. The summed E-state index contributed by atoms with van der Waals surface area (Å²) in [6.07, 6.45) is -2.65. The number of hydrogen-bond donors (Lipinski definition) is 1. The van der Waals surface area contributed by atoms with Crippen LogP contribution < -0.4 is 5.32 Å². The number of halogens is 3. The van der Waals surface area contributed by atoms with Crippen LogP contribution in [0.4, 0.5) is 13.2 Å². The number of ether oxygens (including phenoxy) is 1. The average molecular weight is 280 g/mol. The Bertz CT molecular complexity index is 311. The highest BCUT2D eigenvalue weighted by Crippen LogP contribution is 2.24. The maximum Gasteiger partial charge on any atom is 0.406 e. The van der Waals surface area contributed by atoms with E-state index in [4.69, 9.17) is 4.74 Å². The second kappa shape index (κ2) is 6.09. The number of carbonyl (C=O) groups is 1. The van der Waals surface area contributed by atoms with Gasteiger partial charge in [0.25, 0.3) is 5.91 Å². The van der Waals surface area contributed by atoms with E-state index in [1.54, 1.807) is 0 Å². The van der Waals surface area contributed by atoms with Crippen LogP contribution >= 0.6 is 0 Å². The highest BCUT2D eigenvalue weighted by molar-refractivity contribution is 5.81. The van der Waals surface area contributed by atoms with Crippen LogP contribution in [0.15, 0.2) is 0 Å². The van der Waals surface area contributed by atoms with E-state index in [2.05, 4.69) is 5.32 Å². The fourth-order valence-corrected chi connectivity index (χ4v) is 2.66. The van der Waals surface area contributed by atoms with Gasteiger partial charge in [-0.1, -0.05) is 0 Å². The molecular weight excluding hydrogens is 261 g/mol. The third kappa shape index (κ3) is 4.07. The van der Waals surface area contributed by atoms with Crippen molar-refractivity contribution in [2.24, 2.45) is 0 Å². The van der Waals surface area contributed by atoms with Gasteiger partial charge in [-0.2, -0.15) is 13.2 Å². The van der Waals surface area contributed by atoms with E-state index in [1.807, 2.05) is 0 Å².